The summed E-state index contributed by atoms with van der Waals surface area (Å²) in [6.45, 7) is 7.07. The van der Waals surface area contributed by atoms with E-state index in [1.807, 2.05) is 38.2 Å². The van der Waals surface area contributed by atoms with Crippen LogP contribution in [0.3, 0.4) is 0 Å². The minimum atomic E-state index is 0. The van der Waals surface area contributed by atoms with Crippen molar-refractivity contribution >= 4 is 58.0 Å². The van der Waals surface area contributed by atoms with Gasteiger partial charge < -0.3 is 15.5 Å². The number of fused-ring (bicyclic) bond motifs is 1. The van der Waals surface area contributed by atoms with Crippen LogP contribution in [-0.4, -0.2) is 47.5 Å². The number of guanidine groups is 1. The normalized spacial score (nSPS) is 11.2. The van der Waals surface area contributed by atoms with Gasteiger partial charge in [0.2, 0.25) is 0 Å². The summed E-state index contributed by atoms with van der Waals surface area (Å²) in [7, 11) is 2.04. The van der Waals surface area contributed by atoms with Crippen molar-refractivity contribution in [1.29, 1.82) is 0 Å². The van der Waals surface area contributed by atoms with E-state index < -0.39 is 0 Å². The van der Waals surface area contributed by atoms with Crippen molar-refractivity contribution < 1.29 is 0 Å². The molecule has 0 fully saturated rings. The molecule has 8 heteroatoms. The van der Waals surface area contributed by atoms with Crippen LogP contribution in [0.4, 0.5) is 5.82 Å². The predicted molar refractivity (Wildman–Crippen MR) is 130 cm³/mol. The van der Waals surface area contributed by atoms with Gasteiger partial charge in [0.05, 0.1) is 29.3 Å². The van der Waals surface area contributed by atoms with Crippen LogP contribution in [0, 0.1) is 6.92 Å². The fourth-order valence-corrected chi connectivity index (χ4v) is 3.38. The van der Waals surface area contributed by atoms with Crippen molar-refractivity contribution in [3.63, 3.8) is 0 Å². The summed E-state index contributed by atoms with van der Waals surface area (Å²) < 4.78 is 0. The zero-order valence-corrected chi connectivity index (χ0v) is 19.6. The second-order valence-corrected chi connectivity index (χ2v) is 7.33. The molecule has 150 valence electrons. The van der Waals surface area contributed by atoms with Crippen LogP contribution in [0.25, 0.3) is 10.9 Å². The Morgan fingerprint density at radius 1 is 1.18 bits per heavy atom. The second-order valence-electron chi connectivity index (χ2n) is 6.27. The average Bonchev–Trinajstić information content (AvgIpc) is 3.08. The minimum Gasteiger partial charge on any atom is -0.368 e. The molecule has 0 saturated heterocycles. The highest BCUT2D eigenvalue weighted by molar-refractivity contribution is 14.0. The summed E-state index contributed by atoms with van der Waals surface area (Å²) in [6, 6.07) is 12.2. The maximum Gasteiger partial charge on any atom is 0.194 e. The van der Waals surface area contributed by atoms with Crippen LogP contribution < -0.4 is 10.6 Å². The third-order valence-electron chi connectivity index (χ3n) is 4.04. The lowest BCUT2D eigenvalue weighted by molar-refractivity contribution is 0.471. The molecule has 0 saturated carbocycles. The first-order valence-electron chi connectivity index (χ1n) is 9.16. The van der Waals surface area contributed by atoms with E-state index in [0.717, 1.165) is 53.0 Å². The number of hydrogen-bond acceptors (Lipinski definition) is 5. The Kier molecular flexibility index (Phi) is 8.91. The third kappa shape index (κ3) is 6.30. The van der Waals surface area contributed by atoms with E-state index in [1.165, 1.54) is 0 Å². The van der Waals surface area contributed by atoms with Gasteiger partial charge in [0, 0.05) is 30.9 Å². The zero-order valence-electron chi connectivity index (χ0n) is 16.5. The van der Waals surface area contributed by atoms with E-state index in [1.54, 1.807) is 11.3 Å². The molecule has 28 heavy (non-hydrogen) atoms. The van der Waals surface area contributed by atoms with Crippen molar-refractivity contribution in [1.82, 2.24) is 20.2 Å². The van der Waals surface area contributed by atoms with E-state index in [2.05, 4.69) is 49.9 Å². The maximum atomic E-state index is 4.71. The Hall–Kier alpha value is -1.94. The molecule has 0 atom stereocenters. The maximum absolute atomic E-state index is 4.71. The molecular formula is C20H27IN6S. The van der Waals surface area contributed by atoms with Crippen LogP contribution in [-0.2, 0) is 6.54 Å². The summed E-state index contributed by atoms with van der Waals surface area (Å²) >= 11 is 1.68. The summed E-state index contributed by atoms with van der Waals surface area (Å²) in [5, 5.41) is 11.0. The summed E-state index contributed by atoms with van der Waals surface area (Å²) in [5.41, 5.74) is 2.07. The number of halogens is 1. The average molecular weight is 510 g/mol. The molecule has 0 amide bonds. The molecule has 3 rings (SSSR count). The van der Waals surface area contributed by atoms with Gasteiger partial charge in [-0.15, -0.1) is 35.3 Å². The van der Waals surface area contributed by atoms with E-state index in [9.17, 15) is 0 Å². The van der Waals surface area contributed by atoms with Crippen LogP contribution >= 0.6 is 35.3 Å². The summed E-state index contributed by atoms with van der Waals surface area (Å²) in [5.74, 6) is 1.76. The highest BCUT2D eigenvalue weighted by atomic mass is 127. The van der Waals surface area contributed by atoms with E-state index >= 15 is 0 Å². The highest BCUT2D eigenvalue weighted by Gasteiger charge is 2.08. The molecule has 2 aromatic heterocycles. The number of aromatic nitrogens is 2. The predicted octanol–water partition coefficient (Wildman–Crippen LogP) is 4.13. The molecule has 3 aromatic rings. The molecule has 0 spiro atoms. The van der Waals surface area contributed by atoms with E-state index in [4.69, 9.17) is 4.99 Å². The van der Waals surface area contributed by atoms with Crippen LogP contribution in [0.5, 0.6) is 0 Å². The zero-order chi connectivity index (χ0) is 19.1. The molecule has 2 heterocycles. The number of anilines is 1. The van der Waals surface area contributed by atoms with Crippen molar-refractivity contribution in [3.05, 3.63) is 52.5 Å². The number of hydrogen-bond donors (Lipinski definition) is 2. The number of pyridine rings is 1. The monoisotopic (exact) mass is 510 g/mol. The second kappa shape index (κ2) is 11.2. The number of aliphatic imine (C=N–C) groups is 1. The molecule has 0 radical (unpaired) electrons. The SMILES string of the molecule is CCNC(=NCCNc1ccc2ccccc2n1)N(C)Cc1csc(C)n1.I. The Bertz CT molecular complexity index is 910. The molecule has 1 aromatic carbocycles. The first-order valence-corrected chi connectivity index (χ1v) is 10.0. The standard InChI is InChI=1S/C20H26N6S.HI/c1-4-21-20(26(3)13-17-14-27-15(2)24-17)23-12-11-22-19-10-9-16-7-5-6-8-18(16)25-19;/h5-10,14H,4,11-13H2,1-3H3,(H,21,23)(H,22,25);1H. The summed E-state index contributed by atoms with van der Waals surface area (Å²) in [4.78, 5) is 16.0. The number of aryl methyl sites for hydroxylation is 1. The molecule has 0 aliphatic rings. The van der Waals surface area contributed by atoms with Gasteiger partial charge in [0.15, 0.2) is 5.96 Å². The minimum absolute atomic E-state index is 0. The molecule has 0 bridgehead atoms. The number of nitrogens with one attached hydrogen (secondary N) is 2. The van der Waals surface area contributed by atoms with Gasteiger partial charge in [0.25, 0.3) is 0 Å². The van der Waals surface area contributed by atoms with Gasteiger partial charge >= 0.3 is 0 Å². The van der Waals surface area contributed by atoms with E-state index in [0.29, 0.717) is 6.54 Å². The van der Waals surface area contributed by atoms with Gasteiger partial charge in [-0.3, -0.25) is 4.99 Å². The van der Waals surface area contributed by atoms with Crippen molar-refractivity contribution in [3.8, 4) is 0 Å². The molecule has 2 N–H and O–H groups in total. The van der Waals surface area contributed by atoms with Crippen LogP contribution in [0.1, 0.15) is 17.6 Å². The quantitative estimate of drug-likeness (QED) is 0.217. The number of thiazole rings is 1. The number of rotatable bonds is 7. The highest BCUT2D eigenvalue weighted by Crippen LogP contribution is 2.14. The van der Waals surface area contributed by atoms with Crippen molar-refractivity contribution in [2.45, 2.75) is 20.4 Å². The van der Waals surface area contributed by atoms with Gasteiger partial charge in [-0.25, -0.2) is 9.97 Å². The summed E-state index contributed by atoms with van der Waals surface area (Å²) in [6.07, 6.45) is 0. The molecule has 6 nitrogen and oxygen atoms in total. The Morgan fingerprint density at radius 3 is 2.75 bits per heavy atom. The number of para-hydroxylation sites is 1. The lowest BCUT2D eigenvalue weighted by Gasteiger charge is -2.21. The first-order chi connectivity index (χ1) is 13.2. The number of nitrogens with zero attached hydrogens (tertiary/aromatic N) is 4. The topological polar surface area (TPSA) is 65.4 Å². The largest absolute Gasteiger partial charge is 0.368 e. The Balaban J connectivity index is 0.00000280. The lowest BCUT2D eigenvalue weighted by Crippen LogP contribution is -2.38. The van der Waals surface area contributed by atoms with Crippen LogP contribution in [0.15, 0.2) is 46.8 Å². The molecular weight excluding hydrogens is 483 g/mol. The van der Waals surface area contributed by atoms with Gasteiger partial charge in [-0.2, -0.15) is 0 Å². The third-order valence-corrected chi connectivity index (χ3v) is 4.86. The lowest BCUT2D eigenvalue weighted by atomic mass is 10.2. The first kappa shape index (κ1) is 22.4. The molecule has 0 unspecified atom stereocenters. The van der Waals surface area contributed by atoms with Gasteiger partial charge in [-0.05, 0) is 32.0 Å². The fourth-order valence-electron chi connectivity index (χ4n) is 2.78. The van der Waals surface area contributed by atoms with Gasteiger partial charge in [0.1, 0.15) is 5.82 Å². The van der Waals surface area contributed by atoms with Gasteiger partial charge in [-0.1, -0.05) is 18.2 Å². The number of benzene rings is 1. The molecule has 0 aliphatic heterocycles. The smallest absolute Gasteiger partial charge is 0.194 e. The fraction of sp³-hybridized carbons (Fsp3) is 0.350. The van der Waals surface area contributed by atoms with Crippen molar-refractivity contribution in [2.75, 3.05) is 32.0 Å². The Labute approximate surface area is 187 Å². The van der Waals surface area contributed by atoms with E-state index in [-0.39, 0.29) is 24.0 Å². The Morgan fingerprint density at radius 2 is 2.00 bits per heavy atom. The molecule has 0 aliphatic carbocycles. The van der Waals surface area contributed by atoms with Crippen LogP contribution in [0.2, 0.25) is 0 Å². The van der Waals surface area contributed by atoms with Crippen molar-refractivity contribution in [2.24, 2.45) is 4.99 Å².